The van der Waals surface area contributed by atoms with Gasteiger partial charge in [-0.15, -0.1) is 0 Å². The molecule has 1 atom stereocenters. The Bertz CT molecular complexity index is 533. The van der Waals surface area contributed by atoms with Gasteiger partial charge in [0, 0.05) is 26.8 Å². The molecule has 1 aromatic rings. The fourth-order valence-corrected chi connectivity index (χ4v) is 3.46. The lowest BCUT2D eigenvalue weighted by atomic mass is 10.1. The molecule has 2 rings (SSSR count). The van der Waals surface area contributed by atoms with E-state index < -0.39 is 0 Å². The monoisotopic (exact) mass is 390 g/mol. The Morgan fingerprint density at radius 3 is 2.57 bits per heavy atom. The van der Waals surface area contributed by atoms with E-state index in [1.807, 2.05) is 0 Å². The van der Waals surface area contributed by atoms with E-state index in [1.165, 1.54) is 31.5 Å². The molecule has 2 N–H and O–H groups in total. The molecule has 1 aromatic carbocycles. The summed E-state index contributed by atoms with van der Waals surface area (Å²) in [5.41, 5.74) is 1.36. The van der Waals surface area contributed by atoms with Crippen molar-refractivity contribution in [3.8, 4) is 0 Å². The topological polar surface area (TPSA) is 58.1 Å². The number of methoxy groups -OCH3 is 1. The van der Waals surface area contributed by atoms with Gasteiger partial charge in [-0.1, -0.05) is 30.3 Å². The van der Waals surface area contributed by atoms with Crippen molar-refractivity contribution in [1.82, 2.24) is 15.5 Å². The smallest absolute Gasteiger partial charge is 0.191 e. The van der Waals surface area contributed by atoms with Crippen LogP contribution in [0.5, 0.6) is 0 Å². The summed E-state index contributed by atoms with van der Waals surface area (Å²) in [5.74, 6) is 0.905. The zero-order valence-electron chi connectivity index (χ0n) is 17.7. The second-order valence-corrected chi connectivity index (χ2v) is 7.13. The maximum absolute atomic E-state index is 5.51. The number of unbranched alkanes of at least 4 members (excludes halogenated alkanes) is 1. The SMILES string of the molecule is CCNC(=NCC(c1ccccc1)N1CCCC1)NCCCCOCCOC. The largest absolute Gasteiger partial charge is 0.382 e. The summed E-state index contributed by atoms with van der Waals surface area (Å²) in [6, 6.07) is 11.1. The maximum Gasteiger partial charge on any atom is 0.191 e. The number of aliphatic imine (C=N–C) groups is 1. The van der Waals surface area contributed by atoms with Gasteiger partial charge < -0.3 is 20.1 Å². The Hall–Kier alpha value is -1.63. The van der Waals surface area contributed by atoms with E-state index in [0.29, 0.717) is 19.3 Å². The van der Waals surface area contributed by atoms with Crippen LogP contribution in [0.2, 0.25) is 0 Å². The van der Waals surface area contributed by atoms with Crippen LogP contribution in [0.15, 0.2) is 35.3 Å². The molecule has 0 aromatic heterocycles. The number of nitrogens with one attached hydrogen (secondary N) is 2. The fourth-order valence-electron chi connectivity index (χ4n) is 3.46. The lowest BCUT2D eigenvalue weighted by molar-refractivity contribution is 0.0689. The zero-order chi connectivity index (χ0) is 19.9. The van der Waals surface area contributed by atoms with Crippen molar-refractivity contribution in [3.05, 3.63) is 35.9 Å². The summed E-state index contributed by atoms with van der Waals surface area (Å²) in [5, 5.41) is 6.83. The van der Waals surface area contributed by atoms with Crippen LogP contribution in [-0.2, 0) is 9.47 Å². The van der Waals surface area contributed by atoms with Crippen molar-refractivity contribution in [2.75, 3.05) is 59.7 Å². The first-order valence-corrected chi connectivity index (χ1v) is 10.7. The molecule has 158 valence electrons. The minimum atomic E-state index is 0.355. The van der Waals surface area contributed by atoms with Gasteiger partial charge in [0.2, 0.25) is 0 Å². The van der Waals surface area contributed by atoms with Gasteiger partial charge in [0.1, 0.15) is 0 Å². The maximum atomic E-state index is 5.51. The van der Waals surface area contributed by atoms with E-state index in [-0.39, 0.29) is 0 Å². The van der Waals surface area contributed by atoms with E-state index in [2.05, 4.69) is 52.8 Å². The minimum Gasteiger partial charge on any atom is -0.382 e. The molecule has 6 nitrogen and oxygen atoms in total. The molecular weight excluding hydrogens is 352 g/mol. The average molecular weight is 391 g/mol. The second-order valence-electron chi connectivity index (χ2n) is 7.13. The molecule has 1 fully saturated rings. The Morgan fingerprint density at radius 2 is 1.86 bits per heavy atom. The molecule has 1 aliphatic heterocycles. The third kappa shape index (κ3) is 8.59. The third-order valence-electron chi connectivity index (χ3n) is 4.97. The summed E-state index contributed by atoms with van der Waals surface area (Å²) in [6.07, 6.45) is 4.68. The van der Waals surface area contributed by atoms with Crippen LogP contribution in [0.25, 0.3) is 0 Å². The van der Waals surface area contributed by atoms with Crippen LogP contribution < -0.4 is 10.6 Å². The molecule has 0 aliphatic carbocycles. The summed E-state index contributed by atoms with van der Waals surface area (Å²) in [6.45, 7) is 9.11. The van der Waals surface area contributed by atoms with Gasteiger partial charge in [0.25, 0.3) is 0 Å². The highest BCUT2D eigenvalue weighted by molar-refractivity contribution is 5.79. The number of likely N-dealkylation sites (tertiary alicyclic amines) is 1. The lowest BCUT2D eigenvalue weighted by Crippen LogP contribution is -2.39. The highest BCUT2D eigenvalue weighted by Crippen LogP contribution is 2.25. The van der Waals surface area contributed by atoms with Gasteiger partial charge in [-0.2, -0.15) is 0 Å². The van der Waals surface area contributed by atoms with Crippen LogP contribution in [0.4, 0.5) is 0 Å². The van der Waals surface area contributed by atoms with E-state index >= 15 is 0 Å². The first-order chi connectivity index (χ1) is 13.8. The van der Waals surface area contributed by atoms with Crippen LogP contribution in [0.3, 0.4) is 0 Å². The zero-order valence-corrected chi connectivity index (χ0v) is 17.7. The van der Waals surface area contributed by atoms with Crippen molar-refractivity contribution in [2.45, 2.75) is 38.6 Å². The average Bonchev–Trinajstić information content (AvgIpc) is 3.25. The predicted octanol–water partition coefficient (Wildman–Crippen LogP) is 2.82. The molecule has 1 saturated heterocycles. The van der Waals surface area contributed by atoms with Gasteiger partial charge in [-0.3, -0.25) is 9.89 Å². The van der Waals surface area contributed by atoms with Crippen molar-refractivity contribution in [3.63, 3.8) is 0 Å². The van der Waals surface area contributed by atoms with Gasteiger partial charge in [0.05, 0.1) is 25.8 Å². The second kappa shape index (κ2) is 14.4. The Balaban J connectivity index is 1.81. The van der Waals surface area contributed by atoms with Crippen LogP contribution >= 0.6 is 0 Å². The number of benzene rings is 1. The number of hydrogen-bond donors (Lipinski definition) is 2. The van der Waals surface area contributed by atoms with E-state index in [0.717, 1.165) is 45.0 Å². The molecule has 0 spiro atoms. The van der Waals surface area contributed by atoms with Crippen molar-refractivity contribution in [1.29, 1.82) is 0 Å². The fraction of sp³-hybridized carbons (Fsp3) is 0.682. The van der Waals surface area contributed by atoms with Crippen LogP contribution in [0, 0.1) is 0 Å². The summed E-state index contributed by atoms with van der Waals surface area (Å²) in [7, 11) is 1.70. The van der Waals surface area contributed by atoms with E-state index in [1.54, 1.807) is 7.11 Å². The van der Waals surface area contributed by atoms with Gasteiger partial charge in [-0.05, 0) is 51.3 Å². The van der Waals surface area contributed by atoms with Crippen LogP contribution in [0.1, 0.15) is 44.2 Å². The molecule has 0 amide bonds. The number of ether oxygens (including phenoxy) is 2. The summed E-state index contributed by atoms with van der Waals surface area (Å²) >= 11 is 0. The van der Waals surface area contributed by atoms with E-state index in [9.17, 15) is 0 Å². The van der Waals surface area contributed by atoms with Crippen molar-refractivity contribution >= 4 is 5.96 Å². The first kappa shape index (κ1) is 22.7. The Kier molecular flexibility index (Phi) is 11.6. The Labute approximate surface area is 170 Å². The van der Waals surface area contributed by atoms with Gasteiger partial charge in [0.15, 0.2) is 5.96 Å². The molecule has 1 unspecified atom stereocenters. The number of nitrogens with zero attached hydrogens (tertiary/aromatic N) is 2. The van der Waals surface area contributed by atoms with Gasteiger partial charge >= 0.3 is 0 Å². The molecule has 1 aliphatic rings. The minimum absolute atomic E-state index is 0.355. The van der Waals surface area contributed by atoms with E-state index in [4.69, 9.17) is 14.5 Å². The molecular formula is C22H38N4O2. The predicted molar refractivity (Wildman–Crippen MR) is 116 cm³/mol. The standard InChI is InChI=1S/C22H38N4O2/c1-3-23-22(24-13-7-10-16-28-18-17-27-2)25-19-21(26-14-8-9-15-26)20-11-5-4-6-12-20/h4-6,11-12,21H,3,7-10,13-19H2,1-2H3,(H2,23,24,25). The van der Waals surface area contributed by atoms with Crippen molar-refractivity contribution < 1.29 is 9.47 Å². The molecule has 1 heterocycles. The summed E-state index contributed by atoms with van der Waals surface area (Å²) in [4.78, 5) is 7.47. The van der Waals surface area contributed by atoms with Gasteiger partial charge in [-0.25, -0.2) is 0 Å². The highest BCUT2D eigenvalue weighted by Gasteiger charge is 2.23. The number of rotatable bonds is 13. The quantitative estimate of drug-likeness (QED) is 0.308. The molecule has 0 radical (unpaired) electrons. The lowest BCUT2D eigenvalue weighted by Gasteiger charge is -2.27. The molecule has 0 saturated carbocycles. The highest BCUT2D eigenvalue weighted by atomic mass is 16.5. The number of hydrogen-bond acceptors (Lipinski definition) is 4. The Morgan fingerprint density at radius 1 is 1.07 bits per heavy atom. The normalized spacial score (nSPS) is 16.3. The molecule has 28 heavy (non-hydrogen) atoms. The first-order valence-electron chi connectivity index (χ1n) is 10.7. The molecule has 0 bridgehead atoms. The summed E-state index contributed by atoms with van der Waals surface area (Å²) < 4.78 is 10.5. The van der Waals surface area contributed by atoms with Crippen molar-refractivity contribution in [2.24, 2.45) is 4.99 Å². The van der Waals surface area contributed by atoms with Crippen LogP contribution in [-0.4, -0.2) is 70.5 Å². The number of guanidine groups is 1. The third-order valence-corrected chi connectivity index (χ3v) is 4.97. The molecule has 6 heteroatoms.